The number of benzene rings is 1. The second-order valence-corrected chi connectivity index (χ2v) is 8.46. The Bertz CT molecular complexity index is 1180. The predicted octanol–water partition coefficient (Wildman–Crippen LogP) is 4.27. The van der Waals surface area contributed by atoms with Crippen LogP contribution in [0.1, 0.15) is 43.1 Å². The molecule has 1 aromatic carbocycles. The van der Waals surface area contributed by atoms with Crippen molar-refractivity contribution in [1.29, 1.82) is 0 Å². The number of likely N-dealkylation sites (tertiary alicyclic amines) is 1. The van der Waals surface area contributed by atoms with Crippen LogP contribution in [0.15, 0.2) is 52.3 Å². The van der Waals surface area contributed by atoms with Crippen molar-refractivity contribution in [1.82, 2.24) is 15.1 Å². The number of aliphatic hydroxyl groups excluding tert-OH is 1. The van der Waals surface area contributed by atoms with Crippen molar-refractivity contribution in [2.24, 2.45) is 4.99 Å². The third-order valence-electron chi connectivity index (χ3n) is 6.30. The molecule has 0 unspecified atom stereocenters. The van der Waals surface area contributed by atoms with Crippen LogP contribution < -0.4 is 5.32 Å². The number of hydrogen-bond donors (Lipinski definition) is 3. The summed E-state index contributed by atoms with van der Waals surface area (Å²) in [6.45, 7) is 5.37. The summed E-state index contributed by atoms with van der Waals surface area (Å²) in [4.78, 5) is 7.01. The fraction of sp³-hybridized carbons (Fsp3) is 0.333. The van der Waals surface area contributed by atoms with Crippen molar-refractivity contribution >= 4 is 17.1 Å². The van der Waals surface area contributed by atoms with Gasteiger partial charge in [-0.05, 0) is 50.5 Å². The van der Waals surface area contributed by atoms with E-state index in [9.17, 15) is 13.9 Å². The van der Waals surface area contributed by atoms with Gasteiger partial charge in [-0.15, -0.1) is 0 Å². The number of nitrogens with zero attached hydrogens (tertiary/aromatic N) is 3. The van der Waals surface area contributed by atoms with E-state index >= 15 is 0 Å². The van der Waals surface area contributed by atoms with Crippen molar-refractivity contribution in [3.63, 3.8) is 0 Å². The van der Waals surface area contributed by atoms with Crippen LogP contribution >= 0.6 is 0 Å². The molecule has 2 aromatic rings. The highest BCUT2D eigenvalue weighted by molar-refractivity contribution is 6.12. The van der Waals surface area contributed by atoms with Crippen LogP contribution in [0.3, 0.4) is 0 Å². The molecule has 3 aliphatic rings. The first-order chi connectivity index (χ1) is 15.4. The number of anilines is 1. The Labute approximate surface area is 185 Å². The van der Waals surface area contributed by atoms with E-state index in [0.29, 0.717) is 23.5 Å². The minimum absolute atomic E-state index is 0.113. The number of aromatic amines is 1. The molecule has 2 aliphatic heterocycles. The lowest BCUT2D eigenvalue weighted by molar-refractivity contribution is 0.0963. The molecule has 0 bridgehead atoms. The molecule has 0 saturated carbocycles. The van der Waals surface area contributed by atoms with E-state index in [0.717, 1.165) is 48.5 Å². The number of halogens is 2. The number of aliphatic hydroxyl groups is 1. The number of aromatic nitrogens is 2. The summed E-state index contributed by atoms with van der Waals surface area (Å²) in [5, 5.41) is 20.5. The Hall–Kier alpha value is -3.26. The Morgan fingerprint density at radius 1 is 1.12 bits per heavy atom. The van der Waals surface area contributed by atoms with Gasteiger partial charge in [0.1, 0.15) is 23.2 Å². The standard InChI is InChI=1S/C24H25F2N5O/c1-13-6-7-15(31-10-8-16(32)9-11-31)12-17-21(13)27-24(20-18(25)4-3-5-19(20)26)28-22-14(2)29-30-23(17)22/h3-6,12,16,32H,7-11H2,1-2H3,(H,27,28)(H,29,30). The summed E-state index contributed by atoms with van der Waals surface area (Å²) in [6.07, 6.45) is 6.08. The second-order valence-electron chi connectivity index (χ2n) is 8.46. The molecule has 8 heteroatoms. The Morgan fingerprint density at radius 2 is 1.84 bits per heavy atom. The van der Waals surface area contributed by atoms with Gasteiger partial charge in [0.15, 0.2) is 0 Å². The number of rotatable bonds is 2. The van der Waals surface area contributed by atoms with Crippen LogP contribution in [-0.2, 0) is 0 Å². The van der Waals surface area contributed by atoms with Crippen LogP contribution in [-0.4, -0.2) is 45.2 Å². The predicted molar refractivity (Wildman–Crippen MR) is 120 cm³/mol. The molecular formula is C24H25F2N5O. The van der Waals surface area contributed by atoms with Gasteiger partial charge in [0.25, 0.3) is 0 Å². The van der Waals surface area contributed by atoms with E-state index in [-0.39, 0.29) is 17.5 Å². The number of piperidine rings is 1. The topological polar surface area (TPSA) is 76.5 Å². The third-order valence-corrected chi connectivity index (χ3v) is 6.30. The highest BCUT2D eigenvalue weighted by Crippen LogP contribution is 2.38. The van der Waals surface area contributed by atoms with Crippen molar-refractivity contribution in [3.8, 4) is 0 Å². The average molecular weight is 437 g/mol. The molecule has 0 spiro atoms. The summed E-state index contributed by atoms with van der Waals surface area (Å²) < 4.78 is 29.3. The number of nitrogens with one attached hydrogen (secondary N) is 2. The van der Waals surface area contributed by atoms with E-state index in [4.69, 9.17) is 4.99 Å². The van der Waals surface area contributed by atoms with Gasteiger partial charge in [0, 0.05) is 30.8 Å². The first-order valence-electron chi connectivity index (χ1n) is 10.8. The highest BCUT2D eigenvalue weighted by Gasteiger charge is 2.28. The zero-order valence-corrected chi connectivity index (χ0v) is 18.0. The molecule has 5 rings (SSSR count). The van der Waals surface area contributed by atoms with Gasteiger partial charge >= 0.3 is 0 Å². The van der Waals surface area contributed by atoms with Crippen molar-refractivity contribution < 1.29 is 13.9 Å². The minimum Gasteiger partial charge on any atom is -0.393 e. The normalized spacial score (nSPS) is 19.3. The van der Waals surface area contributed by atoms with Gasteiger partial charge in [-0.1, -0.05) is 12.1 Å². The van der Waals surface area contributed by atoms with Gasteiger partial charge in [-0.2, -0.15) is 5.10 Å². The van der Waals surface area contributed by atoms with Gasteiger partial charge < -0.3 is 15.3 Å². The third kappa shape index (κ3) is 3.54. The molecule has 1 fully saturated rings. The smallest absolute Gasteiger partial charge is 0.144 e. The van der Waals surface area contributed by atoms with E-state index < -0.39 is 11.6 Å². The molecule has 0 radical (unpaired) electrons. The van der Waals surface area contributed by atoms with Crippen molar-refractivity contribution in [2.75, 3.05) is 18.4 Å². The number of amidine groups is 1. The number of H-pyrrole nitrogens is 1. The molecular weight excluding hydrogens is 412 g/mol. The number of aryl methyl sites for hydroxylation is 1. The summed E-state index contributed by atoms with van der Waals surface area (Å²) in [5.41, 5.74) is 5.33. The molecule has 6 nitrogen and oxygen atoms in total. The van der Waals surface area contributed by atoms with Gasteiger partial charge in [0.05, 0.1) is 28.7 Å². The molecule has 3 heterocycles. The maximum absolute atomic E-state index is 14.7. The average Bonchev–Trinajstić information content (AvgIpc) is 2.94. The monoisotopic (exact) mass is 437 g/mol. The van der Waals surface area contributed by atoms with E-state index in [1.54, 1.807) is 0 Å². The molecule has 32 heavy (non-hydrogen) atoms. The SMILES string of the molecule is CC1=CCC(N2CCC(O)CC2)=CC2=C1N=C(c1c(F)cccc1F)Nc1c2n[nH]c1C. The highest BCUT2D eigenvalue weighted by atomic mass is 19.1. The Morgan fingerprint density at radius 3 is 2.56 bits per heavy atom. The van der Waals surface area contributed by atoms with Crippen LogP contribution in [0.2, 0.25) is 0 Å². The molecule has 0 atom stereocenters. The minimum atomic E-state index is -0.679. The van der Waals surface area contributed by atoms with Crippen LogP contribution in [0, 0.1) is 18.6 Å². The molecule has 166 valence electrons. The second kappa shape index (κ2) is 8.02. The summed E-state index contributed by atoms with van der Waals surface area (Å²) in [5.74, 6) is -1.25. The number of hydrogen-bond acceptors (Lipinski definition) is 5. The Balaban J connectivity index is 1.69. The van der Waals surface area contributed by atoms with Crippen LogP contribution in [0.4, 0.5) is 14.5 Å². The molecule has 1 saturated heterocycles. The van der Waals surface area contributed by atoms with E-state index in [1.165, 1.54) is 18.2 Å². The lowest BCUT2D eigenvalue weighted by Crippen LogP contribution is -2.35. The first kappa shape index (κ1) is 20.6. The summed E-state index contributed by atoms with van der Waals surface area (Å²) in [7, 11) is 0. The lowest BCUT2D eigenvalue weighted by Gasteiger charge is -2.33. The Kier molecular flexibility index (Phi) is 5.17. The lowest BCUT2D eigenvalue weighted by atomic mass is 10.0. The van der Waals surface area contributed by atoms with Crippen molar-refractivity contribution in [2.45, 2.75) is 39.2 Å². The maximum atomic E-state index is 14.7. The van der Waals surface area contributed by atoms with E-state index in [1.807, 2.05) is 13.8 Å². The number of aliphatic imine (C=N–C) groups is 1. The first-order valence-corrected chi connectivity index (χ1v) is 10.8. The van der Waals surface area contributed by atoms with E-state index in [2.05, 4.69) is 32.6 Å². The van der Waals surface area contributed by atoms with Gasteiger partial charge in [0.2, 0.25) is 0 Å². The zero-order valence-electron chi connectivity index (χ0n) is 18.0. The fourth-order valence-corrected chi connectivity index (χ4v) is 4.44. The largest absolute Gasteiger partial charge is 0.393 e. The van der Waals surface area contributed by atoms with Crippen LogP contribution in [0.5, 0.6) is 0 Å². The molecule has 1 aromatic heterocycles. The molecule has 3 N–H and O–H groups in total. The van der Waals surface area contributed by atoms with Crippen molar-refractivity contribution in [3.05, 3.63) is 75.9 Å². The quantitative estimate of drug-likeness (QED) is 0.656. The summed E-state index contributed by atoms with van der Waals surface area (Å²) in [6, 6.07) is 3.79. The molecule has 1 aliphatic carbocycles. The molecule has 0 amide bonds. The maximum Gasteiger partial charge on any atom is 0.144 e. The zero-order chi connectivity index (χ0) is 22.4. The number of allylic oxidation sites excluding steroid dienone is 4. The number of fused-ring (bicyclic) bond motifs is 2. The van der Waals surface area contributed by atoms with Gasteiger partial charge in [-0.25, -0.2) is 13.8 Å². The van der Waals surface area contributed by atoms with Crippen LogP contribution in [0.25, 0.3) is 5.57 Å². The summed E-state index contributed by atoms with van der Waals surface area (Å²) >= 11 is 0. The van der Waals surface area contributed by atoms with Gasteiger partial charge in [-0.3, -0.25) is 5.10 Å². The fourth-order valence-electron chi connectivity index (χ4n) is 4.44.